The predicted molar refractivity (Wildman–Crippen MR) is 37.9 cm³/mol. The minimum absolute atomic E-state index is 0.00551. The number of hydrogen-bond donors (Lipinski definition) is 3. The summed E-state index contributed by atoms with van der Waals surface area (Å²) >= 11 is 1.44. The fraction of sp³-hybridized carbons (Fsp3) is 0.800. The Kier molecular flexibility index (Phi) is 2.53. The summed E-state index contributed by atoms with van der Waals surface area (Å²) in [5.41, 5.74) is 0. The molecule has 2 atom stereocenters. The molecule has 10 heavy (non-hydrogen) atoms. The lowest BCUT2D eigenvalue weighted by Crippen LogP contribution is -2.37. The van der Waals surface area contributed by atoms with Crippen LogP contribution < -0.4 is 5.32 Å². The lowest BCUT2D eigenvalue weighted by Gasteiger charge is -2.05. The molecule has 1 aliphatic heterocycles. The molecule has 0 aromatic carbocycles. The van der Waals surface area contributed by atoms with Gasteiger partial charge < -0.3 is 10.2 Å². The molecule has 0 unspecified atom stereocenters. The van der Waals surface area contributed by atoms with Crippen LogP contribution in [0, 0.1) is 0 Å². The smallest absolute Gasteiger partial charge is 0.321 e. The topological polar surface area (TPSA) is 69.6 Å². The molecule has 1 rings (SSSR count). The van der Waals surface area contributed by atoms with E-state index >= 15 is 0 Å². The average Bonchev–Trinajstić information content (AvgIpc) is 2.34. The van der Waals surface area contributed by atoms with Crippen molar-refractivity contribution >= 4 is 17.7 Å². The average molecular weight is 163 g/mol. The van der Waals surface area contributed by atoms with Crippen molar-refractivity contribution in [3.8, 4) is 0 Å². The Hall–Kier alpha value is -0.260. The van der Waals surface area contributed by atoms with Crippen LogP contribution >= 0.6 is 11.8 Å². The van der Waals surface area contributed by atoms with Gasteiger partial charge in [0.05, 0.1) is 12.0 Å². The highest BCUT2D eigenvalue weighted by atomic mass is 32.2. The van der Waals surface area contributed by atoms with Gasteiger partial charge in [-0.15, -0.1) is 11.8 Å². The Labute approximate surface area is 62.6 Å². The first-order valence-corrected chi connectivity index (χ1v) is 4.00. The first-order valence-electron chi connectivity index (χ1n) is 2.95. The zero-order valence-corrected chi connectivity index (χ0v) is 6.10. The second-order valence-electron chi connectivity index (χ2n) is 2.06. The lowest BCUT2D eigenvalue weighted by atomic mass is 10.3. The van der Waals surface area contributed by atoms with E-state index < -0.39 is 12.0 Å². The van der Waals surface area contributed by atoms with Crippen LogP contribution in [0.4, 0.5) is 0 Å². The van der Waals surface area contributed by atoms with Crippen LogP contribution in [0.5, 0.6) is 0 Å². The summed E-state index contributed by atoms with van der Waals surface area (Å²) in [6, 6.07) is -0.484. The molecule has 0 aromatic rings. The molecule has 1 aliphatic rings. The number of carboxylic acid groups (broad SMARTS) is 1. The van der Waals surface area contributed by atoms with Crippen molar-refractivity contribution in [3.05, 3.63) is 0 Å². The number of hydrogen-bond acceptors (Lipinski definition) is 4. The van der Waals surface area contributed by atoms with Gasteiger partial charge in [-0.25, -0.2) is 0 Å². The number of carbonyl (C=O) groups is 1. The number of carboxylic acids is 1. The SMILES string of the molecule is O=C(O)[C@@H]1CS[C@@H](CO)N1. The summed E-state index contributed by atoms with van der Waals surface area (Å²) < 4.78 is 0. The van der Waals surface area contributed by atoms with Gasteiger partial charge in [0, 0.05) is 5.75 Å². The van der Waals surface area contributed by atoms with Crippen LogP contribution in [-0.4, -0.2) is 40.0 Å². The second kappa shape index (κ2) is 3.23. The monoisotopic (exact) mass is 163 g/mol. The van der Waals surface area contributed by atoms with Gasteiger partial charge in [-0.05, 0) is 0 Å². The van der Waals surface area contributed by atoms with E-state index in [1.54, 1.807) is 0 Å². The summed E-state index contributed by atoms with van der Waals surface area (Å²) in [6.45, 7) is -0.00551. The van der Waals surface area contributed by atoms with Crippen molar-refractivity contribution in [1.82, 2.24) is 5.32 Å². The van der Waals surface area contributed by atoms with Crippen molar-refractivity contribution in [2.45, 2.75) is 11.4 Å². The summed E-state index contributed by atoms with van der Waals surface area (Å²) in [6.07, 6.45) is 0. The largest absolute Gasteiger partial charge is 0.480 e. The van der Waals surface area contributed by atoms with Crippen molar-refractivity contribution in [1.29, 1.82) is 0 Å². The van der Waals surface area contributed by atoms with Gasteiger partial charge >= 0.3 is 5.97 Å². The van der Waals surface area contributed by atoms with Crippen molar-refractivity contribution in [3.63, 3.8) is 0 Å². The van der Waals surface area contributed by atoms with Crippen molar-refractivity contribution in [2.75, 3.05) is 12.4 Å². The molecule has 0 radical (unpaired) electrons. The molecule has 0 aliphatic carbocycles. The van der Waals surface area contributed by atoms with Gasteiger partial charge in [-0.1, -0.05) is 0 Å². The molecule has 0 aromatic heterocycles. The molecule has 1 heterocycles. The van der Waals surface area contributed by atoms with Crippen LogP contribution in [-0.2, 0) is 4.79 Å². The predicted octanol–water partition coefficient (Wildman–Crippen LogP) is -0.906. The van der Waals surface area contributed by atoms with Gasteiger partial charge in [0.15, 0.2) is 0 Å². The Balaban J connectivity index is 2.35. The highest BCUT2D eigenvalue weighted by Crippen LogP contribution is 2.17. The molecule has 0 bridgehead atoms. The first kappa shape index (κ1) is 7.84. The molecule has 3 N–H and O–H groups in total. The molecular weight excluding hydrogens is 154 g/mol. The van der Waals surface area contributed by atoms with E-state index in [9.17, 15) is 4.79 Å². The molecule has 1 fully saturated rings. The highest BCUT2D eigenvalue weighted by Gasteiger charge is 2.28. The van der Waals surface area contributed by atoms with E-state index in [-0.39, 0.29) is 12.0 Å². The summed E-state index contributed by atoms with van der Waals surface area (Å²) in [4.78, 5) is 10.3. The van der Waals surface area contributed by atoms with E-state index in [1.807, 2.05) is 0 Å². The molecule has 0 spiro atoms. The Morgan fingerprint density at radius 2 is 2.50 bits per heavy atom. The third-order valence-electron chi connectivity index (χ3n) is 1.32. The molecule has 4 nitrogen and oxygen atoms in total. The Morgan fingerprint density at radius 3 is 2.80 bits per heavy atom. The first-order chi connectivity index (χ1) is 4.74. The summed E-state index contributed by atoms with van der Waals surface area (Å²) in [5.74, 6) is -0.302. The normalized spacial score (nSPS) is 32.5. The van der Waals surface area contributed by atoms with E-state index in [0.29, 0.717) is 5.75 Å². The Morgan fingerprint density at radius 1 is 1.80 bits per heavy atom. The van der Waals surface area contributed by atoms with Gasteiger partial charge in [0.2, 0.25) is 0 Å². The molecule has 1 saturated heterocycles. The van der Waals surface area contributed by atoms with Crippen LogP contribution in [0.3, 0.4) is 0 Å². The minimum Gasteiger partial charge on any atom is -0.480 e. The molecule has 5 heteroatoms. The number of nitrogens with one attached hydrogen (secondary N) is 1. The molecular formula is C5H9NO3S. The van der Waals surface area contributed by atoms with Gasteiger partial charge in [-0.2, -0.15) is 0 Å². The third kappa shape index (κ3) is 1.62. The maximum Gasteiger partial charge on any atom is 0.321 e. The van der Waals surface area contributed by atoms with Gasteiger partial charge in [-0.3, -0.25) is 10.1 Å². The quantitative estimate of drug-likeness (QED) is 0.492. The summed E-state index contributed by atoms with van der Waals surface area (Å²) in [5, 5.41) is 19.7. The van der Waals surface area contributed by atoms with E-state index in [4.69, 9.17) is 10.2 Å². The van der Waals surface area contributed by atoms with Crippen molar-refractivity contribution in [2.24, 2.45) is 0 Å². The zero-order chi connectivity index (χ0) is 7.56. The van der Waals surface area contributed by atoms with E-state index in [2.05, 4.69) is 5.32 Å². The summed E-state index contributed by atoms with van der Waals surface area (Å²) in [7, 11) is 0. The van der Waals surface area contributed by atoms with Crippen LogP contribution in [0.25, 0.3) is 0 Å². The maximum absolute atomic E-state index is 10.3. The standard InChI is InChI=1S/C5H9NO3S/c7-1-4-6-3(2-10-4)5(8)9/h3-4,6-7H,1-2H2,(H,8,9)/t3-,4-/m0/s1. The van der Waals surface area contributed by atoms with Crippen LogP contribution in [0.1, 0.15) is 0 Å². The Bertz CT molecular complexity index is 141. The number of thioether (sulfide) groups is 1. The van der Waals surface area contributed by atoms with Crippen LogP contribution in [0.15, 0.2) is 0 Å². The number of aliphatic hydroxyl groups excluding tert-OH is 1. The lowest BCUT2D eigenvalue weighted by molar-refractivity contribution is -0.138. The number of aliphatic carboxylic acids is 1. The molecule has 0 saturated carbocycles. The second-order valence-corrected chi connectivity index (χ2v) is 3.30. The number of aliphatic hydroxyl groups is 1. The van der Waals surface area contributed by atoms with Gasteiger partial charge in [0.1, 0.15) is 6.04 Å². The fourth-order valence-corrected chi connectivity index (χ4v) is 1.81. The van der Waals surface area contributed by atoms with E-state index in [1.165, 1.54) is 11.8 Å². The maximum atomic E-state index is 10.3. The van der Waals surface area contributed by atoms with Gasteiger partial charge in [0.25, 0.3) is 0 Å². The van der Waals surface area contributed by atoms with Crippen molar-refractivity contribution < 1.29 is 15.0 Å². The number of rotatable bonds is 2. The fourth-order valence-electron chi connectivity index (χ4n) is 0.781. The van der Waals surface area contributed by atoms with E-state index in [0.717, 1.165) is 0 Å². The van der Waals surface area contributed by atoms with Crippen LogP contribution in [0.2, 0.25) is 0 Å². The zero-order valence-electron chi connectivity index (χ0n) is 5.28. The molecule has 58 valence electrons. The molecule has 0 amide bonds. The third-order valence-corrected chi connectivity index (χ3v) is 2.53. The highest BCUT2D eigenvalue weighted by molar-refractivity contribution is 8.00. The minimum atomic E-state index is -0.844.